The first-order valence-electron chi connectivity index (χ1n) is 5.28. The van der Waals surface area contributed by atoms with Gasteiger partial charge in [0.05, 0.1) is 5.02 Å². The van der Waals surface area contributed by atoms with Crippen molar-refractivity contribution < 1.29 is 18.3 Å². The minimum atomic E-state index is -3.85. The van der Waals surface area contributed by atoms with E-state index in [0.717, 1.165) is 4.31 Å². The van der Waals surface area contributed by atoms with Gasteiger partial charge < -0.3 is 5.11 Å². The summed E-state index contributed by atoms with van der Waals surface area (Å²) in [6.07, 6.45) is 3.34. The van der Waals surface area contributed by atoms with Gasteiger partial charge in [-0.15, -0.1) is 0 Å². The molecule has 0 bridgehead atoms. The van der Waals surface area contributed by atoms with Gasteiger partial charge >= 0.3 is 5.97 Å². The molecular formula is C10H11ClN2O4S. The van der Waals surface area contributed by atoms with Crippen molar-refractivity contribution in [2.45, 2.75) is 23.8 Å². The van der Waals surface area contributed by atoms with Crippen molar-refractivity contribution in [3.8, 4) is 0 Å². The number of halogens is 1. The summed E-state index contributed by atoms with van der Waals surface area (Å²) in [5.74, 6) is -1.13. The Balaban J connectivity index is 2.40. The summed E-state index contributed by atoms with van der Waals surface area (Å²) in [6, 6.07) is 0.259. The van der Waals surface area contributed by atoms with Gasteiger partial charge in [0.1, 0.15) is 10.9 Å². The Morgan fingerprint density at radius 2 is 2.22 bits per heavy atom. The second-order valence-corrected chi connectivity index (χ2v) is 6.28. The lowest BCUT2D eigenvalue weighted by atomic mass is 10.2. The molecule has 2 heterocycles. The lowest BCUT2D eigenvalue weighted by molar-refractivity contribution is -0.140. The summed E-state index contributed by atoms with van der Waals surface area (Å²) in [5.41, 5.74) is 0. The summed E-state index contributed by atoms with van der Waals surface area (Å²) in [6.45, 7) is 0.200. The van der Waals surface area contributed by atoms with Crippen LogP contribution in [0.1, 0.15) is 12.8 Å². The number of hydrogen-bond acceptors (Lipinski definition) is 4. The average Bonchev–Trinajstić information content (AvgIpc) is 2.78. The number of carbonyl (C=O) groups is 1. The Morgan fingerprint density at radius 1 is 1.50 bits per heavy atom. The highest BCUT2D eigenvalue weighted by molar-refractivity contribution is 7.89. The highest BCUT2D eigenvalue weighted by Gasteiger charge is 2.39. The summed E-state index contributed by atoms with van der Waals surface area (Å²) in [7, 11) is -3.85. The molecule has 98 valence electrons. The molecule has 6 nitrogen and oxygen atoms in total. The van der Waals surface area contributed by atoms with E-state index < -0.39 is 22.0 Å². The topological polar surface area (TPSA) is 87.6 Å². The highest BCUT2D eigenvalue weighted by Crippen LogP contribution is 2.26. The van der Waals surface area contributed by atoms with Crippen molar-refractivity contribution in [3.05, 3.63) is 23.5 Å². The third kappa shape index (κ3) is 2.33. The molecule has 1 atom stereocenters. The van der Waals surface area contributed by atoms with Crippen LogP contribution in [0, 0.1) is 0 Å². The number of aromatic nitrogens is 1. The van der Waals surface area contributed by atoms with Gasteiger partial charge in [0.25, 0.3) is 0 Å². The molecule has 1 aromatic heterocycles. The van der Waals surface area contributed by atoms with Crippen molar-refractivity contribution in [1.82, 2.24) is 9.29 Å². The zero-order valence-corrected chi connectivity index (χ0v) is 10.9. The molecule has 1 unspecified atom stereocenters. The predicted molar refractivity (Wildman–Crippen MR) is 63.8 cm³/mol. The average molecular weight is 291 g/mol. The zero-order valence-electron chi connectivity index (χ0n) is 9.28. The molecule has 18 heavy (non-hydrogen) atoms. The Bertz CT molecular complexity index is 575. The molecular weight excluding hydrogens is 280 g/mol. The van der Waals surface area contributed by atoms with Gasteiger partial charge in [-0.05, 0) is 18.9 Å². The second kappa shape index (κ2) is 4.83. The van der Waals surface area contributed by atoms with E-state index in [1.54, 1.807) is 0 Å². The van der Waals surface area contributed by atoms with Gasteiger partial charge in [-0.2, -0.15) is 4.31 Å². The van der Waals surface area contributed by atoms with E-state index in [-0.39, 0.29) is 16.5 Å². The Morgan fingerprint density at radius 3 is 2.83 bits per heavy atom. The number of hydrogen-bond donors (Lipinski definition) is 1. The SMILES string of the molecule is O=C(O)C1CCCN1S(=O)(=O)c1cncc(Cl)c1. The van der Waals surface area contributed by atoms with Crippen molar-refractivity contribution in [2.75, 3.05) is 6.54 Å². The first-order valence-corrected chi connectivity index (χ1v) is 7.10. The zero-order chi connectivity index (χ0) is 13.3. The first-order chi connectivity index (χ1) is 8.43. The molecule has 2 rings (SSSR count). The van der Waals surface area contributed by atoms with Crippen LogP contribution >= 0.6 is 11.6 Å². The number of sulfonamides is 1. The number of pyridine rings is 1. The number of aliphatic carboxylic acids is 1. The van der Waals surface area contributed by atoms with Crippen LogP contribution in [0.25, 0.3) is 0 Å². The highest BCUT2D eigenvalue weighted by atomic mass is 35.5. The van der Waals surface area contributed by atoms with Crippen LogP contribution in [0.4, 0.5) is 0 Å². The molecule has 1 aromatic rings. The normalized spacial score (nSPS) is 21.1. The van der Waals surface area contributed by atoms with Gasteiger partial charge in [-0.3, -0.25) is 9.78 Å². The van der Waals surface area contributed by atoms with E-state index in [1.165, 1.54) is 18.5 Å². The lowest BCUT2D eigenvalue weighted by Gasteiger charge is -2.20. The molecule has 1 saturated heterocycles. The van der Waals surface area contributed by atoms with Gasteiger partial charge in [0.15, 0.2) is 0 Å². The maximum absolute atomic E-state index is 12.3. The molecule has 0 spiro atoms. The van der Waals surface area contributed by atoms with Crippen LogP contribution in [-0.4, -0.2) is 41.4 Å². The lowest BCUT2D eigenvalue weighted by Crippen LogP contribution is -2.40. The smallest absolute Gasteiger partial charge is 0.322 e. The van der Waals surface area contributed by atoms with Crippen molar-refractivity contribution in [3.63, 3.8) is 0 Å². The number of carboxylic acid groups (broad SMARTS) is 1. The van der Waals surface area contributed by atoms with Crippen LogP contribution in [0.2, 0.25) is 5.02 Å². The minimum absolute atomic E-state index is 0.0804. The van der Waals surface area contributed by atoms with Gasteiger partial charge in [0.2, 0.25) is 10.0 Å². The standard InChI is InChI=1S/C10H11ClN2O4S/c11-7-4-8(6-12-5-7)18(16,17)13-3-1-2-9(13)10(14)15/h4-6,9H,1-3H2,(H,14,15). The van der Waals surface area contributed by atoms with E-state index in [4.69, 9.17) is 16.7 Å². The van der Waals surface area contributed by atoms with Gasteiger partial charge in [-0.25, -0.2) is 8.42 Å². The van der Waals surface area contributed by atoms with Crippen LogP contribution < -0.4 is 0 Å². The van der Waals surface area contributed by atoms with Crippen LogP contribution in [0.15, 0.2) is 23.4 Å². The van der Waals surface area contributed by atoms with Gasteiger partial charge in [0, 0.05) is 18.9 Å². The fourth-order valence-electron chi connectivity index (χ4n) is 1.94. The van der Waals surface area contributed by atoms with Gasteiger partial charge in [-0.1, -0.05) is 11.6 Å². The summed E-state index contributed by atoms with van der Waals surface area (Å²) in [4.78, 5) is 14.6. The third-order valence-corrected chi connectivity index (χ3v) is 4.86. The molecule has 0 radical (unpaired) electrons. The summed E-state index contributed by atoms with van der Waals surface area (Å²) in [5, 5.41) is 9.20. The molecule has 0 saturated carbocycles. The quantitative estimate of drug-likeness (QED) is 0.896. The molecule has 0 aliphatic carbocycles. The van der Waals surface area contributed by atoms with E-state index in [0.29, 0.717) is 12.8 Å². The van der Waals surface area contributed by atoms with Crippen LogP contribution in [-0.2, 0) is 14.8 Å². The minimum Gasteiger partial charge on any atom is -0.480 e. The van der Waals surface area contributed by atoms with Crippen molar-refractivity contribution in [2.24, 2.45) is 0 Å². The van der Waals surface area contributed by atoms with Crippen molar-refractivity contribution in [1.29, 1.82) is 0 Å². The Hall–Kier alpha value is -1.18. The largest absolute Gasteiger partial charge is 0.480 e. The molecule has 1 aliphatic heterocycles. The molecule has 1 aliphatic rings. The third-order valence-electron chi connectivity index (χ3n) is 2.78. The monoisotopic (exact) mass is 290 g/mol. The van der Waals surface area contributed by atoms with Crippen LogP contribution in [0.5, 0.6) is 0 Å². The maximum Gasteiger partial charge on any atom is 0.322 e. The molecule has 0 amide bonds. The van der Waals surface area contributed by atoms with E-state index in [9.17, 15) is 13.2 Å². The van der Waals surface area contributed by atoms with Crippen molar-refractivity contribution >= 4 is 27.6 Å². The number of rotatable bonds is 3. The maximum atomic E-state index is 12.3. The molecule has 1 fully saturated rings. The Labute approximate surface area is 109 Å². The summed E-state index contributed by atoms with van der Waals surface area (Å²) < 4.78 is 25.5. The molecule has 8 heteroatoms. The first kappa shape index (κ1) is 13.3. The molecule has 1 N–H and O–H groups in total. The van der Waals surface area contributed by atoms with E-state index in [1.807, 2.05) is 0 Å². The molecule has 0 aromatic carbocycles. The Kier molecular flexibility index (Phi) is 3.56. The number of carboxylic acids is 1. The van der Waals surface area contributed by atoms with E-state index >= 15 is 0 Å². The fourth-order valence-corrected chi connectivity index (χ4v) is 3.82. The second-order valence-electron chi connectivity index (χ2n) is 3.95. The predicted octanol–water partition coefficient (Wildman–Crippen LogP) is 0.973. The fraction of sp³-hybridized carbons (Fsp3) is 0.400. The number of nitrogens with zero attached hydrogens (tertiary/aromatic N) is 2. The summed E-state index contributed by atoms with van der Waals surface area (Å²) >= 11 is 5.69. The van der Waals surface area contributed by atoms with Crippen LogP contribution in [0.3, 0.4) is 0 Å². The van der Waals surface area contributed by atoms with E-state index in [2.05, 4.69) is 4.98 Å².